The third-order valence-electron chi connectivity index (χ3n) is 14.3. The van der Waals surface area contributed by atoms with Crippen molar-refractivity contribution in [3.8, 4) is 0 Å². The molecule has 2 saturated heterocycles. The molecule has 3 aliphatic carbocycles. The number of aliphatic hydroxyl groups excluding tert-OH is 2. The van der Waals surface area contributed by atoms with E-state index in [2.05, 4.69) is 38.7 Å². The molecule has 3 saturated carbocycles. The van der Waals surface area contributed by atoms with Crippen molar-refractivity contribution in [1.82, 2.24) is 34.8 Å². The Morgan fingerprint density at radius 3 is 2.52 bits per heavy atom. The Bertz CT molecular complexity index is 1730. The Balaban J connectivity index is 0.994. The number of nitrogens with one attached hydrogen (secondary N) is 1. The van der Waals surface area contributed by atoms with Crippen molar-refractivity contribution in [3.63, 3.8) is 0 Å². The van der Waals surface area contributed by atoms with E-state index in [1.807, 2.05) is 27.7 Å². The van der Waals surface area contributed by atoms with Gasteiger partial charge in [0.05, 0.1) is 38.0 Å². The number of rotatable bonds is 7. The van der Waals surface area contributed by atoms with Gasteiger partial charge in [0.25, 0.3) is 0 Å². The van der Waals surface area contributed by atoms with Gasteiger partial charge in [-0.15, -0.1) is 11.6 Å². The highest BCUT2D eigenvalue weighted by Gasteiger charge is 2.71. The maximum absolute atomic E-state index is 13.8. The molecular weight excluding hydrogens is 664 g/mol. The van der Waals surface area contributed by atoms with E-state index >= 15 is 0 Å². The van der Waals surface area contributed by atoms with Crippen molar-refractivity contribution in [2.45, 2.75) is 97.9 Å². The fourth-order valence-electron chi connectivity index (χ4n) is 10.8. The number of nitrogens with zero attached hydrogens (tertiary/aromatic N) is 7. The molecule has 14 nitrogen and oxygen atoms in total. The summed E-state index contributed by atoms with van der Waals surface area (Å²) in [6.07, 6.45) is 5.95. The Morgan fingerprint density at radius 1 is 1.06 bits per heavy atom. The van der Waals surface area contributed by atoms with E-state index in [0.29, 0.717) is 69.1 Å². The van der Waals surface area contributed by atoms with Crippen molar-refractivity contribution in [2.24, 2.45) is 33.5 Å². The number of Topliss-reactive ketones (excluding diaryl/α,β-unsaturated/α-hetero) is 1. The van der Waals surface area contributed by atoms with E-state index in [0.717, 1.165) is 25.5 Å². The predicted octanol–water partition coefficient (Wildman–Crippen LogP) is 2.34. The molecular formula is C38H56N8O6. The van der Waals surface area contributed by atoms with Crippen LogP contribution in [-0.2, 0) is 25.8 Å². The molecule has 0 spiro atoms. The van der Waals surface area contributed by atoms with Crippen LogP contribution in [0.3, 0.4) is 0 Å². The summed E-state index contributed by atoms with van der Waals surface area (Å²) >= 11 is 0. The van der Waals surface area contributed by atoms with E-state index < -0.39 is 45.8 Å². The Morgan fingerprint density at radius 2 is 1.81 bits per heavy atom. The first-order valence-electron chi connectivity index (χ1n) is 19.1. The molecule has 5 aliphatic rings. The zero-order valence-corrected chi connectivity index (χ0v) is 31.4. The molecule has 0 radical (unpaired) electrons. The highest BCUT2D eigenvalue weighted by atomic mass is 16.7. The molecule has 3 N–H and O–H groups in total. The molecule has 5 fully saturated rings. The summed E-state index contributed by atoms with van der Waals surface area (Å²) in [6, 6.07) is 0.333. The second-order valence-corrected chi connectivity index (χ2v) is 17.1. The van der Waals surface area contributed by atoms with Crippen molar-refractivity contribution >= 4 is 34.6 Å². The summed E-state index contributed by atoms with van der Waals surface area (Å²) in [5, 5.41) is 28.7. The minimum Gasteiger partial charge on any atom is -0.392 e. The van der Waals surface area contributed by atoms with Crippen LogP contribution < -0.4 is 10.2 Å². The number of carbonyl (C=O) groups is 3. The number of ketones is 1. The molecule has 9 unspecified atom stereocenters. The lowest BCUT2D eigenvalue weighted by Crippen LogP contribution is -2.66. The van der Waals surface area contributed by atoms with Gasteiger partial charge in [0.15, 0.2) is 17.0 Å². The first kappa shape index (κ1) is 36.9. The van der Waals surface area contributed by atoms with Crippen molar-refractivity contribution in [1.29, 1.82) is 0 Å². The summed E-state index contributed by atoms with van der Waals surface area (Å²) < 4.78 is 1.76. The second-order valence-electron chi connectivity index (χ2n) is 17.1. The van der Waals surface area contributed by atoms with Crippen LogP contribution in [0.2, 0.25) is 0 Å². The van der Waals surface area contributed by atoms with Crippen LogP contribution in [0.1, 0.15) is 73.1 Å². The largest absolute Gasteiger partial charge is 0.392 e. The van der Waals surface area contributed by atoms with Gasteiger partial charge in [-0.1, -0.05) is 33.8 Å². The summed E-state index contributed by atoms with van der Waals surface area (Å²) in [7, 11) is 0. The SMILES string of the molecule is C=CC1(C)CC(O)C2(C)C3C(=O)CCC3(CCC2(C)CC(=O)ON2CCN(C(=O)Cn3cnc4c(N5CCNC(C)C5)ncnc43)CC2)C(C)C1O. The first-order valence-corrected chi connectivity index (χ1v) is 19.1. The molecule has 2 aromatic rings. The number of imidazole rings is 1. The standard InChI is InChI=1S/C38H56N8O6/c1-7-35(4)18-27(48)37(6)31-26(47)8-9-38(31,25(3)32(35)51)11-10-36(37,5)19-29(50)52-46-16-14-43(15-17-46)28(49)21-45-23-42-30-33(40-22-41-34(30)45)44-13-12-39-24(2)20-44/h7,22-25,27,31-32,39,48,51H,1,8-21H2,2-6H3. The number of piperazine rings is 2. The molecule has 0 aromatic carbocycles. The molecule has 2 bridgehead atoms. The quantitative estimate of drug-likeness (QED) is 0.358. The topological polar surface area (TPSA) is 166 Å². The molecule has 4 heterocycles. The van der Waals surface area contributed by atoms with Gasteiger partial charge < -0.3 is 34.7 Å². The van der Waals surface area contributed by atoms with Crippen LogP contribution in [0.4, 0.5) is 5.82 Å². The van der Waals surface area contributed by atoms with Gasteiger partial charge in [-0.05, 0) is 49.4 Å². The molecule has 52 heavy (non-hydrogen) atoms. The summed E-state index contributed by atoms with van der Waals surface area (Å²) in [5.74, 6) is -0.223. The van der Waals surface area contributed by atoms with Gasteiger partial charge in [0.1, 0.15) is 18.7 Å². The zero-order chi connectivity index (χ0) is 37.2. The van der Waals surface area contributed by atoms with E-state index in [1.54, 1.807) is 26.9 Å². The molecule has 2 aromatic heterocycles. The minimum atomic E-state index is -0.937. The number of hydrogen-bond acceptors (Lipinski definition) is 12. The van der Waals surface area contributed by atoms with Gasteiger partial charge in [-0.25, -0.2) is 15.0 Å². The Kier molecular flexibility index (Phi) is 9.53. The average Bonchev–Trinajstić information content (AvgIpc) is 3.70. The number of aliphatic hydroxyl groups is 2. The first-order chi connectivity index (χ1) is 24.7. The molecule has 14 heteroatoms. The van der Waals surface area contributed by atoms with Crippen LogP contribution in [0.5, 0.6) is 0 Å². The lowest BCUT2D eigenvalue weighted by Gasteiger charge is -2.65. The van der Waals surface area contributed by atoms with Crippen LogP contribution in [-0.4, -0.2) is 121 Å². The van der Waals surface area contributed by atoms with Crippen molar-refractivity contribution in [2.75, 3.05) is 50.7 Å². The maximum atomic E-state index is 13.8. The van der Waals surface area contributed by atoms with Gasteiger partial charge >= 0.3 is 5.97 Å². The summed E-state index contributed by atoms with van der Waals surface area (Å²) in [5.41, 5.74) is -1.53. The van der Waals surface area contributed by atoms with Gasteiger partial charge in [-0.2, -0.15) is 0 Å². The van der Waals surface area contributed by atoms with Crippen LogP contribution >= 0.6 is 0 Å². The number of fused-ring (bicyclic) bond motifs is 1. The van der Waals surface area contributed by atoms with Crippen molar-refractivity contribution in [3.05, 3.63) is 25.3 Å². The highest BCUT2D eigenvalue weighted by molar-refractivity contribution is 5.86. The molecule has 2 aliphatic heterocycles. The fourth-order valence-corrected chi connectivity index (χ4v) is 10.8. The Hall–Kier alpha value is -3.46. The molecule has 7 rings (SSSR count). The third kappa shape index (κ3) is 5.84. The lowest BCUT2D eigenvalue weighted by atomic mass is 9.39. The summed E-state index contributed by atoms with van der Waals surface area (Å²) in [6.45, 7) is 18.3. The Labute approximate surface area is 305 Å². The number of hydrogen-bond donors (Lipinski definition) is 3. The van der Waals surface area contributed by atoms with Crippen molar-refractivity contribution < 1.29 is 29.4 Å². The summed E-state index contributed by atoms with van der Waals surface area (Å²) in [4.78, 5) is 64.4. The second kappa shape index (κ2) is 13.4. The smallest absolute Gasteiger partial charge is 0.325 e. The van der Waals surface area contributed by atoms with Gasteiger partial charge in [0, 0.05) is 61.9 Å². The number of hydroxylamine groups is 2. The molecule has 1 amide bonds. The fraction of sp³-hybridized carbons (Fsp3) is 0.737. The number of aromatic nitrogens is 4. The number of anilines is 1. The predicted molar refractivity (Wildman–Crippen MR) is 194 cm³/mol. The molecule has 284 valence electrons. The van der Waals surface area contributed by atoms with Crippen LogP contribution in [0.25, 0.3) is 11.2 Å². The maximum Gasteiger partial charge on any atom is 0.325 e. The van der Waals surface area contributed by atoms with Gasteiger partial charge in [0.2, 0.25) is 5.91 Å². The van der Waals surface area contributed by atoms with E-state index in [9.17, 15) is 24.6 Å². The minimum absolute atomic E-state index is 0.0473. The average molecular weight is 721 g/mol. The zero-order valence-electron chi connectivity index (χ0n) is 31.4. The number of carbonyl (C=O) groups excluding carboxylic acids is 3. The van der Waals surface area contributed by atoms with Crippen LogP contribution in [0, 0.1) is 33.5 Å². The van der Waals surface area contributed by atoms with Gasteiger partial charge in [-0.3, -0.25) is 14.4 Å². The monoisotopic (exact) mass is 720 g/mol. The van der Waals surface area contributed by atoms with E-state index in [4.69, 9.17) is 4.84 Å². The normalized spacial score (nSPS) is 38.4. The molecule has 9 atom stereocenters. The van der Waals surface area contributed by atoms with E-state index in [-0.39, 0.29) is 37.0 Å². The van der Waals surface area contributed by atoms with Crippen LogP contribution in [0.15, 0.2) is 25.3 Å². The number of amides is 1. The third-order valence-corrected chi connectivity index (χ3v) is 14.3. The van der Waals surface area contributed by atoms with E-state index in [1.165, 1.54) is 6.33 Å². The lowest BCUT2D eigenvalue weighted by molar-refractivity contribution is -0.230. The highest BCUT2D eigenvalue weighted by Crippen LogP contribution is 2.71.